The Morgan fingerprint density at radius 1 is 1.21 bits per heavy atom. The SMILES string of the molecule is CCc1ccc(CC(NC)c2cncc(C)c2)nc1. The van der Waals surface area contributed by atoms with Crippen LogP contribution in [0.2, 0.25) is 0 Å². The smallest absolute Gasteiger partial charge is 0.0422 e. The molecule has 1 N–H and O–H groups in total. The molecular formula is C16H21N3. The van der Waals surface area contributed by atoms with E-state index in [2.05, 4.69) is 47.3 Å². The van der Waals surface area contributed by atoms with Crippen molar-refractivity contribution in [2.24, 2.45) is 0 Å². The van der Waals surface area contributed by atoms with Crippen LogP contribution in [0.3, 0.4) is 0 Å². The highest BCUT2D eigenvalue weighted by molar-refractivity contribution is 5.23. The van der Waals surface area contributed by atoms with Crippen molar-refractivity contribution in [2.45, 2.75) is 32.7 Å². The molecule has 0 aromatic carbocycles. The summed E-state index contributed by atoms with van der Waals surface area (Å²) in [6, 6.07) is 6.71. The molecule has 100 valence electrons. The van der Waals surface area contributed by atoms with Crippen LogP contribution in [0, 0.1) is 6.92 Å². The molecule has 19 heavy (non-hydrogen) atoms. The minimum absolute atomic E-state index is 0.257. The maximum atomic E-state index is 4.52. The van der Waals surface area contributed by atoms with Crippen molar-refractivity contribution in [2.75, 3.05) is 7.05 Å². The molecule has 2 aromatic rings. The van der Waals surface area contributed by atoms with Gasteiger partial charge in [-0.1, -0.05) is 19.1 Å². The van der Waals surface area contributed by atoms with Gasteiger partial charge >= 0.3 is 0 Å². The average molecular weight is 255 g/mol. The Morgan fingerprint density at radius 2 is 2.05 bits per heavy atom. The first-order valence-electron chi connectivity index (χ1n) is 6.75. The normalized spacial score (nSPS) is 12.4. The summed E-state index contributed by atoms with van der Waals surface area (Å²) in [5, 5.41) is 3.34. The van der Waals surface area contributed by atoms with Gasteiger partial charge in [0.1, 0.15) is 0 Å². The van der Waals surface area contributed by atoms with Crippen molar-refractivity contribution in [3.8, 4) is 0 Å². The highest BCUT2D eigenvalue weighted by atomic mass is 14.9. The Bertz CT molecular complexity index is 520. The molecular weight excluding hydrogens is 234 g/mol. The first-order valence-corrected chi connectivity index (χ1v) is 6.75. The number of nitrogens with zero attached hydrogens (tertiary/aromatic N) is 2. The Kier molecular flexibility index (Phi) is 4.63. The topological polar surface area (TPSA) is 37.8 Å². The molecule has 0 aliphatic heterocycles. The Hall–Kier alpha value is -1.74. The third-order valence-electron chi connectivity index (χ3n) is 3.35. The van der Waals surface area contributed by atoms with Crippen molar-refractivity contribution in [3.05, 3.63) is 59.2 Å². The third kappa shape index (κ3) is 3.61. The van der Waals surface area contributed by atoms with Gasteiger partial charge in [0.15, 0.2) is 0 Å². The fourth-order valence-electron chi connectivity index (χ4n) is 2.15. The Labute approximate surface area is 115 Å². The maximum Gasteiger partial charge on any atom is 0.0422 e. The van der Waals surface area contributed by atoms with Gasteiger partial charge in [0, 0.05) is 36.7 Å². The van der Waals surface area contributed by atoms with Gasteiger partial charge in [0.25, 0.3) is 0 Å². The lowest BCUT2D eigenvalue weighted by atomic mass is 10.0. The van der Waals surface area contributed by atoms with E-state index in [9.17, 15) is 0 Å². The minimum atomic E-state index is 0.257. The second kappa shape index (κ2) is 6.43. The van der Waals surface area contributed by atoms with Crippen molar-refractivity contribution in [1.82, 2.24) is 15.3 Å². The van der Waals surface area contributed by atoms with E-state index < -0.39 is 0 Å². The highest BCUT2D eigenvalue weighted by Crippen LogP contribution is 2.17. The standard InChI is InChI=1S/C16H21N3/c1-4-13-5-6-15(19-10-13)8-16(17-3)14-7-12(2)9-18-11-14/h5-7,9-11,16-17H,4,8H2,1-3H3. The zero-order valence-electron chi connectivity index (χ0n) is 11.9. The van der Waals surface area contributed by atoms with Crippen molar-refractivity contribution >= 4 is 0 Å². The summed E-state index contributed by atoms with van der Waals surface area (Å²) in [5.74, 6) is 0. The number of aryl methyl sites for hydroxylation is 2. The fraction of sp³-hybridized carbons (Fsp3) is 0.375. The van der Waals surface area contributed by atoms with E-state index in [-0.39, 0.29) is 6.04 Å². The van der Waals surface area contributed by atoms with E-state index in [1.54, 1.807) is 0 Å². The van der Waals surface area contributed by atoms with Gasteiger partial charge in [0.05, 0.1) is 0 Å². The van der Waals surface area contributed by atoms with E-state index >= 15 is 0 Å². The first-order chi connectivity index (χ1) is 9.22. The molecule has 0 spiro atoms. The van der Waals surface area contributed by atoms with Crippen LogP contribution in [0.4, 0.5) is 0 Å². The number of hydrogen-bond donors (Lipinski definition) is 1. The molecule has 0 fully saturated rings. The summed E-state index contributed by atoms with van der Waals surface area (Å²) in [6.45, 7) is 4.21. The highest BCUT2D eigenvalue weighted by Gasteiger charge is 2.11. The number of nitrogens with one attached hydrogen (secondary N) is 1. The lowest BCUT2D eigenvalue weighted by Crippen LogP contribution is -2.19. The van der Waals surface area contributed by atoms with Crippen LogP contribution >= 0.6 is 0 Å². The fourth-order valence-corrected chi connectivity index (χ4v) is 2.15. The molecule has 0 saturated heterocycles. The van der Waals surface area contributed by atoms with Gasteiger partial charge in [-0.05, 0) is 43.1 Å². The number of pyridine rings is 2. The van der Waals surface area contributed by atoms with Crippen LogP contribution in [0.1, 0.15) is 35.3 Å². The van der Waals surface area contributed by atoms with Crippen LogP contribution in [0.25, 0.3) is 0 Å². The molecule has 3 nitrogen and oxygen atoms in total. The molecule has 2 rings (SSSR count). The number of likely N-dealkylation sites (N-methyl/N-ethyl adjacent to an activating group) is 1. The molecule has 0 radical (unpaired) electrons. The number of aromatic nitrogens is 2. The Morgan fingerprint density at radius 3 is 2.63 bits per heavy atom. The summed E-state index contributed by atoms with van der Waals surface area (Å²) >= 11 is 0. The summed E-state index contributed by atoms with van der Waals surface area (Å²) in [7, 11) is 1.98. The van der Waals surface area contributed by atoms with Crippen molar-refractivity contribution < 1.29 is 0 Å². The summed E-state index contributed by atoms with van der Waals surface area (Å²) in [5.41, 5.74) is 4.79. The second-order valence-corrected chi connectivity index (χ2v) is 4.85. The van der Waals surface area contributed by atoms with Gasteiger partial charge in [-0.15, -0.1) is 0 Å². The van der Waals surface area contributed by atoms with E-state index in [0.29, 0.717) is 0 Å². The molecule has 2 heterocycles. The summed E-state index contributed by atoms with van der Waals surface area (Å²) < 4.78 is 0. The molecule has 0 saturated carbocycles. The van der Waals surface area contributed by atoms with Gasteiger partial charge in [-0.2, -0.15) is 0 Å². The second-order valence-electron chi connectivity index (χ2n) is 4.85. The van der Waals surface area contributed by atoms with E-state index in [1.807, 2.05) is 25.6 Å². The van der Waals surface area contributed by atoms with Gasteiger partial charge in [-0.3, -0.25) is 9.97 Å². The molecule has 1 atom stereocenters. The largest absolute Gasteiger partial charge is 0.313 e. The van der Waals surface area contributed by atoms with E-state index in [0.717, 1.165) is 18.5 Å². The predicted octanol–water partition coefficient (Wildman–Crippen LogP) is 2.85. The van der Waals surface area contributed by atoms with E-state index in [1.165, 1.54) is 16.7 Å². The lowest BCUT2D eigenvalue weighted by Gasteiger charge is -2.16. The predicted molar refractivity (Wildman–Crippen MR) is 78.1 cm³/mol. The van der Waals surface area contributed by atoms with Crippen LogP contribution in [0.5, 0.6) is 0 Å². The molecule has 0 bridgehead atoms. The van der Waals surface area contributed by atoms with Gasteiger partial charge in [-0.25, -0.2) is 0 Å². The minimum Gasteiger partial charge on any atom is -0.313 e. The quantitative estimate of drug-likeness (QED) is 0.892. The van der Waals surface area contributed by atoms with E-state index in [4.69, 9.17) is 0 Å². The van der Waals surface area contributed by atoms with Crippen LogP contribution in [-0.4, -0.2) is 17.0 Å². The third-order valence-corrected chi connectivity index (χ3v) is 3.35. The molecule has 0 aliphatic carbocycles. The van der Waals surface area contributed by atoms with Crippen LogP contribution in [0.15, 0.2) is 36.8 Å². The number of rotatable bonds is 5. The van der Waals surface area contributed by atoms with Crippen LogP contribution in [-0.2, 0) is 12.8 Å². The summed E-state index contributed by atoms with van der Waals surface area (Å²) in [6.07, 6.45) is 7.69. The lowest BCUT2D eigenvalue weighted by molar-refractivity contribution is 0.582. The molecule has 0 aliphatic rings. The molecule has 3 heteroatoms. The first kappa shape index (κ1) is 13.7. The van der Waals surface area contributed by atoms with Crippen molar-refractivity contribution in [1.29, 1.82) is 0 Å². The number of hydrogen-bond acceptors (Lipinski definition) is 3. The maximum absolute atomic E-state index is 4.52. The zero-order valence-corrected chi connectivity index (χ0v) is 11.9. The zero-order chi connectivity index (χ0) is 13.7. The monoisotopic (exact) mass is 255 g/mol. The Balaban J connectivity index is 2.14. The molecule has 0 amide bonds. The molecule has 2 aromatic heterocycles. The van der Waals surface area contributed by atoms with Gasteiger partial charge < -0.3 is 5.32 Å². The molecule has 1 unspecified atom stereocenters. The van der Waals surface area contributed by atoms with Crippen molar-refractivity contribution in [3.63, 3.8) is 0 Å². The van der Waals surface area contributed by atoms with Gasteiger partial charge in [0.2, 0.25) is 0 Å². The summed E-state index contributed by atoms with van der Waals surface area (Å²) in [4.78, 5) is 8.79. The van der Waals surface area contributed by atoms with Crippen LogP contribution < -0.4 is 5.32 Å². The average Bonchev–Trinajstić information content (AvgIpc) is 2.45.